The highest BCUT2D eigenvalue weighted by Gasteiger charge is 2.20. The van der Waals surface area contributed by atoms with Crippen molar-refractivity contribution in [2.24, 2.45) is 0 Å². The minimum absolute atomic E-state index is 0.222. The maximum atomic E-state index is 12.5. The Morgan fingerprint density at radius 1 is 1.14 bits per heavy atom. The second-order valence-corrected chi connectivity index (χ2v) is 5.69. The molecule has 2 aromatic rings. The number of carbonyl (C=O) groups excluding carboxylic acids is 1. The number of ether oxygens (including phenoxy) is 1. The Morgan fingerprint density at radius 2 is 1.86 bits per heavy atom. The highest BCUT2D eigenvalue weighted by atomic mass is 16.5. The van der Waals surface area contributed by atoms with Crippen molar-refractivity contribution in [3.63, 3.8) is 0 Å². The maximum absolute atomic E-state index is 12.5. The fraction of sp³-hybridized carbons (Fsp3) is 0.389. The van der Waals surface area contributed by atoms with E-state index in [-0.39, 0.29) is 11.8 Å². The molecule has 21 heavy (non-hydrogen) atoms. The molecule has 0 aromatic heterocycles. The minimum Gasteiger partial charge on any atom is -0.379 e. The lowest BCUT2D eigenvalue weighted by Crippen LogP contribution is -2.42. The zero-order chi connectivity index (χ0) is 14.7. The predicted octanol–water partition coefficient (Wildman–Crippen LogP) is 3.13. The largest absolute Gasteiger partial charge is 0.379 e. The number of benzene rings is 2. The van der Waals surface area contributed by atoms with E-state index in [1.54, 1.807) is 0 Å². The summed E-state index contributed by atoms with van der Waals surface area (Å²) in [5.74, 6) is 0.222. The highest BCUT2D eigenvalue weighted by molar-refractivity contribution is 6.00. The summed E-state index contributed by atoms with van der Waals surface area (Å²) in [7, 11) is 0. The Kier molecular flexibility index (Phi) is 4.32. The lowest BCUT2D eigenvalue weighted by Gasteiger charge is -2.31. The zero-order valence-corrected chi connectivity index (χ0v) is 12.4. The van der Waals surface area contributed by atoms with Crippen molar-refractivity contribution in [1.29, 1.82) is 0 Å². The van der Waals surface area contributed by atoms with Crippen LogP contribution in [-0.2, 0) is 4.74 Å². The van der Waals surface area contributed by atoms with Crippen molar-refractivity contribution >= 4 is 16.6 Å². The molecular weight excluding hydrogens is 262 g/mol. The van der Waals surface area contributed by atoms with Crippen LogP contribution in [0.3, 0.4) is 0 Å². The van der Waals surface area contributed by atoms with Gasteiger partial charge in [0, 0.05) is 31.1 Å². The molecule has 1 heterocycles. The van der Waals surface area contributed by atoms with Crippen LogP contribution in [0, 0.1) is 0 Å². The molecule has 110 valence electrons. The summed E-state index contributed by atoms with van der Waals surface area (Å²) < 4.78 is 5.36. The Bertz CT molecular complexity index is 632. The molecule has 1 fully saturated rings. The molecule has 0 saturated carbocycles. The van der Waals surface area contributed by atoms with Crippen LogP contribution in [-0.4, -0.2) is 43.0 Å². The molecule has 1 atom stereocenters. The van der Waals surface area contributed by atoms with Crippen LogP contribution >= 0.6 is 0 Å². The van der Waals surface area contributed by atoms with Gasteiger partial charge in [0.25, 0.3) is 0 Å². The summed E-state index contributed by atoms with van der Waals surface area (Å²) in [4.78, 5) is 14.8. The number of rotatable bonds is 4. The maximum Gasteiger partial charge on any atom is 0.164 e. The summed E-state index contributed by atoms with van der Waals surface area (Å²) in [6.45, 7) is 5.52. The summed E-state index contributed by atoms with van der Waals surface area (Å²) >= 11 is 0. The van der Waals surface area contributed by atoms with E-state index in [4.69, 9.17) is 4.74 Å². The highest BCUT2D eigenvalue weighted by Crippen LogP contribution is 2.18. The molecule has 1 aliphatic rings. The number of nitrogens with zero attached hydrogens (tertiary/aromatic N) is 1. The Labute approximate surface area is 125 Å². The fourth-order valence-corrected chi connectivity index (χ4v) is 2.90. The van der Waals surface area contributed by atoms with Gasteiger partial charge in [-0.1, -0.05) is 36.4 Å². The van der Waals surface area contributed by atoms with Crippen LogP contribution < -0.4 is 0 Å². The van der Waals surface area contributed by atoms with Crippen LogP contribution in [0.15, 0.2) is 42.5 Å². The van der Waals surface area contributed by atoms with Gasteiger partial charge in [-0.25, -0.2) is 0 Å². The molecule has 0 aliphatic carbocycles. The molecular formula is C18H21NO2. The van der Waals surface area contributed by atoms with Crippen LogP contribution in [0.2, 0.25) is 0 Å². The van der Waals surface area contributed by atoms with Gasteiger partial charge < -0.3 is 4.74 Å². The summed E-state index contributed by atoms with van der Waals surface area (Å²) in [6, 6.07) is 14.4. The molecule has 0 N–H and O–H groups in total. The van der Waals surface area contributed by atoms with E-state index >= 15 is 0 Å². The van der Waals surface area contributed by atoms with Crippen molar-refractivity contribution < 1.29 is 9.53 Å². The summed E-state index contributed by atoms with van der Waals surface area (Å²) in [5, 5.41) is 2.30. The topological polar surface area (TPSA) is 29.5 Å². The smallest absolute Gasteiger partial charge is 0.164 e. The third kappa shape index (κ3) is 3.31. The van der Waals surface area contributed by atoms with Crippen molar-refractivity contribution in [2.45, 2.75) is 19.4 Å². The van der Waals surface area contributed by atoms with E-state index in [2.05, 4.69) is 24.0 Å². The van der Waals surface area contributed by atoms with E-state index in [1.165, 1.54) is 5.39 Å². The van der Waals surface area contributed by atoms with Gasteiger partial charge in [-0.3, -0.25) is 9.69 Å². The Balaban J connectivity index is 1.71. The second kappa shape index (κ2) is 6.37. The first kappa shape index (κ1) is 14.2. The van der Waals surface area contributed by atoms with E-state index < -0.39 is 0 Å². The van der Waals surface area contributed by atoms with Crippen LogP contribution in [0.4, 0.5) is 0 Å². The third-order valence-corrected chi connectivity index (χ3v) is 4.22. The van der Waals surface area contributed by atoms with Crippen LogP contribution in [0.5, 0.6) is 0 Å². The van der Waals surface area contributed by atoms with Gasteiger partial charge in [0.05, 0.1) is 13.2 Å². The predicted molar refractivity (Wildman–Crippen MR) is 84.7 cm³/mol. The van der Waals surface area contributed by atoms with Crippen molar-refractivity contribution in [1.82, 2.24) is 4.90 Å². The monoisotopic (exact) mass is 283 g/mol. The molecule has 3 nitrogen and oxygen atoms in total. The molecule has 2 aromatic carbocycles. The quantitative estimate of drug-likeness (QED) is 0.807. The van der Waals surface area contributed by atoms with Gasteiger partial charge in [0.2, 0.25) is 0 Å². The van der Waals surface area contributed by atoms with Crippen LogP contribution in [0.1, 0.15) is 23.7 Å². The van der Waals surface area contributed by atoms with Crippen molar-refractivity contribution in [3.8, 4) is 0 Å². The fourth-order valence-electron chi connectivity index (χ4n) is 2.90. The molecule has 3 rings (SSSR count). The SMILES string of the molecule is CC(CC(=O)c1ccc2ccccc2c1)N1CCOCC1. The van der Waals surface area contributed by atoms with Crippen molar-refractivity contribution in [3.05, 3.63) is 48.0 Å². The first-order chi connectivity index (χ1) is 10.2. The molecule has 1 saturated heterocycles. The molecule has 3 heteroatoms. The average Bonchev–Trinajstić information content (AvgIpc) is 2.55. The van der Waals surface area contributed by atoms with Gasteiger partial charge in [-0.15, -0.1) is 0 Å². The van der Waals surface area contributed by atoms with Gasteiger partial charge >= 0.3 is 0 Å². The minimum atomic E-state index is 0.222. The van der Waals surface area contributed by atoms with Gasteiger partial charge in [-0.05, 0) is 23.8 Å². The molecule has 1 aliphatic heterocycles. The molecule has 0 spiro atoms. The molecule has 0 amide bonds. The third-order valence-electron chi connectivity index (χ3n) is 4.22. The summed E-state index contributed by atoms with van der Waals surface area (Å²) in [5.41, 5.74) is 0.814. The first-order valence-electron chi connectivity index (χ1n) is 7.58. The molecule has 1 unspecified atom stereocenters. The number of hydrogen-bond acceptors (Lipinski definition) is 3. The normalized spacial score (nSPS) is 17.8. The van der Waals surface area contributed by atoms with Crippen LogP contribution in [0.25, 0.3) is 10.8 Å². The molecule has 0 radical (unpaired) electrons. The van der Waals surface area contributed by atoms with E-state index in [0.29, 0.717) is 6.42 Å². The standard InChI is InChI=1S/C18H21NO2/c1-14(19-8-10-21-11-9-19)12-18(20)17-7-6-15-4-2-3-5-16(15)13-17/h2-7,13-14H,8-12H2,1H3. The second-order valence-electron chi connectivity index (χ2n) is 5.69. The average molecular weight is 283 g/mol. The molecule has 0 bridgehead atoms. The number of Topliss-reactive ketones (excluding diaryl/α,β-unsaturated/α-hetero) is 1. The van der Waals surface area contributed by atoms with Gasteiger partial charge in [-0.2, -0.15) is 0 Å². The number of ketones is 1. The lowest BCUT2D eigenvalue weighted by molar-refractivity contribution is 0.0188. The Hall–Kier alpha value is -1.71. The van der Waals surface area contributed by atoms with E-state index in [9.17, 15) is 4.79 Å². The Morgan fingerprint density at radius 3 is 2.62 bits per heavy atom. The zero-order valence-electron chi connectivity index (χ0n) is 12.4. The van der Waals surface area contributed by atoms with Gasteiger partial charge in [0.15, 0.2) is 5.78 Å². The number of morpholine rings is 1. The van der Waals surface area contributed by atoms with Crippen molar-refractivity contribution in [2.75, 3.05) is 26.3 Å². The first-order valence-corrected chi connectivity index (χ1v) is 7.58. The number of fused-ring (bicyclic) bond motifs is 1. The summed E-state index contributed by atoms with van der Waals surface area (Å²) in [6.07, 6.45) is 0.568. The number of carbonyl (C=O) groups is 1. The lowest BCUT2D eigenvalue weighted by atomic mass is 10.00. The van der Waals surface area contributed by atoms with E-state index in [0.717, 1.165) is 37.3 Å². The van der Waals surface area contributed by atoms with Gasteiger partial charge in [0.1, 0.15) is 0 Å². The van der Waals surface area contributed by atoms with E-state index in [1.807, 2.05) is 30.3 Å². The number of hydrogen-bond donors (Lipinski definition) is 0.